The number of amidine groups is 1. The minimum absolute atomic E-state index is 0.428. The van der Waals surface area contributed by atoms with Crippen LogP contribution in [0, 0.1) is 6.92 Å². The van der Waals surface area contributed by atoms with Gasteiger partial charge in [-0.15, -0.1) is 12.3 Å². The summed E-state index contributed by atoms with van der Waals surface area (Å²) in [5.74, 6) is 0.428. The Kier molecular flexibility index (Phi) is 8.48. The highest BCUT2D eigenvalue weighted by Crippen LogP contribution is 2.35. The van der Waals surface area contributed by atoms with E-state index in [1.165, 1.54) is 44.2 Å². The molecule has 0 aliphatic carbocycles. The molecule has 0 spiro atoms. The molecule has 0 saturated carbocycles. The molecule has 5 rings (SSSR count). The van der Waals surface area contributed by atoms with Crippen LogP contribution in [-0.2, 0) is 6.42 Å². The molecule has 5 aromatic carbocycles. The second-order valence-electron chi connectivity index (χ2n) is 10.6. The van der Waals surface area contributed by atoms with E-state index in [-0.39, 0.29) is 0 Å². The van der Waals surface area contributed by atoms with Crippen molar-refractivity contribution in [2.75, 3.05) is 0 Å². The minimum atomic E-state index is 0.428. The van der Waals surface area contributed by atoms with E-state index in [1.807, 2.05) is 48.5 Å². The monoisotopic (exact) mass is 544 g/mol. The highest BCUT2D eigenvalue weighted by atomic mass is 14.9. The lowest BCUT2D eigenvalue weighted by Crippen LogP contribution is -2.13. The lowest BCUT2D eigenvalue weighted by Gasteiger charge is -2.17. The van der Waals surface area contributed by atoms with Gasteiger partial charge in [0, 0.05) is 11.1 Å². The van der Waals surface area contributed by atoms with Crippen LogP contribution in [0.1, 0.15) is 47.2 Å². The van der Waals surface area contributed by atoms with E-state index in [2.05, 4.69) is 111 Å². The average molecular weight is 545 g/mol. The Morgan fingerprint density at radius 2 is 1.38 bits per heavy atom. The highest BCUT2D eigenvalue weighted by molar-refractivity contribution is 6.04. The van der Waals surface area contributed by atoms with Gasteiger partial charge in [-0.3, -0.25) is 0 Å². The third-order valence-corrected chi connectivity index (χ3v) is 7.92. The molecule has 0 aliphatic heterocycles. The summed E-state index contributed by atoms with van der Waals surface area (Å²) in [6, 6.07) is 37.8. The SMILES string of the molecule is C=C=C(/N=C(\N)c1ccc(/C(C)=C(\C)c2c(C)ccc3cccc(CC=C)c23)cc1)c1ccc(-c2ccccc2)cc1. The van der Waals surface area contributed by atoms with Crippen molar-refractivity contribution < 1.29 is 0 Å². The third kappa shape index (κ3) is 5.81. The Hall–Kier alpha value is -5.17. The number of rotatable bonds is 8. The van der Waals surface area contributed by atoms with E-state index < -0.39 is 0 Å². The maximum absolute atomic E-state index is 6.48. The van der Waals surface area contributed by atoms with Crippen LogP contribution < -0.4 is 5.73 Å². The standard InChI is InChI=1S/C40H36N2/c1-6-12-34-15-11-16-35-18-17-27(3)38(39(34)35)29(5)28(4)30-19-25-36(26-20-30)40(41)42-37(7-2)33-23-21-32(22-24-33)31-13-9-8-10-14-31/h6,8-11,13-26H,1-2,12H2,3-5H3,(H2,41,42)/b29-28+. The minimum Gasteiger partial charge on any atom is -0.383 e. The molecule has 5 aromatic rings. The zero-order chi connectivity index (χ0) is 29.6. The summed E-state index contributed by atoms with van der Waals surface area (Å²) in [6.07, 6.45) is 2.82. The smallest absolute Gasteiger partial charge is 0.132 e. The molecule has 0 fully saturated rings. The van der Waals surface area contributed by atoms with Crippen molar-refractivity contribution in [3.8, 4) is 11.1 Å². The largest absolute Gasteiger partial charge is 0.383 e. The van der Waals surface area contributed by atoms with Crippen LogP contribution in [-0.4, -0.2) is 5.84 Å². The second kappa shape index (κ2) is 12.6. The van der Waals surface area contributed by atoms with Crippen molar-refractivity contribution in [1.82, 2.24) is 0 Å². The normalized spacial score (nSPS) is 12.0. The fraction of sp³-hybridized carbons (Fsp3) is 0.100. The van der Waals surface area contributed by atoms with Gasteiger partial charge in [0.15, 0.2) is 0 Å². The van der Waals surface area contributed by atoms with Gasteiger partial charge in [-0.2, -0.15) is 0 Å². The van der Waals surface area contributed by atoms with Crippen molar-refractivity contribution in [3.63, 3.8) is 0 Å². The molecule has 42 heavy (non-hydrogen) atoms. The summed E-state index contributed by atoms with van der Waals surface area (Å²) in [7, 11) is 0. The number of fused-ring (bicyclic) bond motifs is 1. The summed E-state index contributed by atoms with van der Waals surface area (Å²) >= 11 is 0. The number of nitrogens with zero attached hydrogens (tertiary/aromatic N) is 1. The summed E-state index contributed by atoms with van der Waals surface area (Å²) in [5.41, 5.74) is 21.6. The van der Waals surface area contributed by atoms with Gasteiger partial charge < -0.3 is 5.73 Å². The second-order valence-corrected chi connectivity index (χ2v) is 10.6. The highest BCUT2D eigenvalue weighted by Gasteiger charge is 2.13. The first-order valence-electron chi connectivity index (χ1n) is 14.2. The van der Waals surface area contributed by atoms with Gasteiger partial charge >= 0.3 is 0 Å². The van der Waals surface area contributed by atoms with Crippen molar-refractivity contribution in [3.05, 3.63) is 168 Å². The molecular weight excluding hydrogens is 508 g/mol. The molecule has 0 radical (unpaired) electrons. The Balaban J connectivity index is 1.43. The number of nitrogens with two attached hydrogens (primary N) is 1. The van der Waals surface area contributed by atoms with Crippen molar-refractivity contribution in [2.24, 2.45) is 10.7 Å². The quantitative estimate of drug-likeness (QED) is 0.0682. The number of aliphatic imine (C=N–C) groups is 1. The molecule has 0 heterocycles. The van der Waals surface area contributed by atoms with E-state index in [9.17, 15) is 0 Å². The van der Waals surface area contributed by atoms with Crippen LogP contribution >= 0.6 is 0 Å². The molecule has 2 N–H and O–H groups in total. The average Bonchev–Trinajstić information content (AvgIpc) is 3.04. The fourth-order valence-electron chi connectivity index (χ4n) is 5.51. The fourth-order valence-corrected chi connectivity index (χ4v) is 5.51. The van der Waals surface area contributed by atoms with E-state index in [0.717, 1.165) is 28.7 Å². The van der Waals surface area contributed by atoms with Crippen molar-refractivity contribution in [2.45, 2.75) is 27.2 Å². The molecule has 0 saturated heterocycles. The van der Waals surface area contributed by atoms with Gasteiger partial charge in [0.05, 0.1) is 0 Å². The molecule has 2 nitrogen and oxygen atoms in total. The third-order valence-electron chi connectivity index (χ3n) is 7.92. The number of aryl methyl sites for hydroxylation is 1. The van der Waals surface area contributed by atoms with E-state index in [4.69, 9.17) is 5.73 Å². The lowest BCUT2D eigenvalue weighted by molar-refractivity contribution is 1.30. The van der Waals surface area contributed by atoms with E-state index in [0.29, 0.717) is 11.5 Å². The molecular formula is C40H36N2. The molecule has 0 amide bonds. The zero-order valence-corrected chi connectivity index (χ0v) is 24.6. The Morgan fingerprint density at radius 3 is 2.05 bits per heavy atom. The summed E-state index contributed by atoms with van der Waals surface area (Å²) in [4.78, 5) is 4.69. The predicted molar refractivity (Wildman–Crippen MR) is 182 cm³/mol. The Bertz CT molecular complexity index is 1860. The van der Waals surface area contributed by atoms with Crippen LogP contribution in [0.15, 0.2) is 139 Å². The summed E-state index contributed by atoms with van der Waals surface area (Å²) in [5, 5.41) is 2.56. The topological polar surface area (TPSA) is 38.4 Å². The predicted octanol–water partition coefficient (Wildman–Crippen LogP) is 10.0. The number of benzene rings is 5. The molecule has 0 unspecified atom stereocenters. The van der Waals surface area contributed by atoms with Gasteiger partial charge in [0.25, 0.3) is 0 Å². The molecule has 0 bridgehead atoms. The zero-order valence-electron chi connectivity index (χ0n) is 24.6. The van der Waals surface area contributed by atoms with Crippen LogP contribution in [0.5, 0.6) is 0 Å². The molecule has 0 aliphatic rings. The van der Waals surface area contributed by atoms with Crippen molar-refractivity contribution in [1.29, 1.82) is 0 Å². The van der Waals surface area contributed by atoms with E-state index in [1.54, 1.807) is 0 Å². The summed E-state index contributed by atoms with van der Waals surface area (Å²) < 4.78 is 0. The Labute approximate surface area is 249 Å². The molecule has 0 atom stereocenters. The van der Waals surface area contributed by atoms with E-state index >= 15 is 0 Å². The van der Waals surface area contributed by atoms with Gasteiger partial charge in [-0.05, 0) is 82.5 Å². The van der Waals surface area contributed by atoms with Crippen LogP contribution in [0.3, 0.4) is 0 Å². The maximum Gasteiger partial charge on any atom is 0.132 e. The van der Waals surface area contributed by atoms with Crippen LogP contribution in [0.2, 0.25) is 0 Å². The molecule has 206 valence electrons. The van der Waals surface area contributed by atoms with Gasteiger partial charge in [-0.25, -0.2) is 4.99 Å². The van der Waals surface area contributed by atoms with Gasteiger partial charge in [0.1, 0.15) is 11.5 Å². The first-order chi connectivity index (χ1) is 20.4. The summed E-state index contributed by atoms with van der Waals surface area (Å²) in [6.45, 7) is 14.4. The maximum atomic E-state index is 6.48. The molecule has 2 heteroatoms. The van der Waals surface area contributed by atoms with Crippen molar-refractivity contribution >= 4 is 33.5 Å². The number of hydrogen-bond acceptors (Lipinski definition) is 1. The van der Waals surface area contributed by atoms with Crippen LogP contribution in [0.25, 0.3) is 38.7 Å². The molecule has 0 aromatic heterocycles. The first-order valence-corrected chi connectivity index (χ1v) is 14.2. The number of allylic oxidation sites excluding steroid dienone is 3. The van der Waals surface area contributed by atoms with Gasteiger partial charge in [-0.1, -0.05) is 122 Å². The van der Waals surface area contributed by atoms with Crippen LogP contribution in [0.4, 0.5) is 0 Å². The first kappa shape index (κ1) is 28.4. The number of hydrogen-bond donors (Lipinski definition) is 1. The van der Waals surface area contributed by atoms with Gasteiger partial charge in [0.2, 0.25) is 0 Å². The lowest BCUT2D eigenvalue weighted by atomic mass is 9.87. The Morgan fingerprint density at radius 1 is 0.738 bits per heavy atom.